The molecule has 1 aliphatic heterocycles. The monoisotopic (exact) mass is 481 g/mol. The summed E-state index contributed by atoms with van der Waals surface area (Å²) in [5, 5.41) is 0. The first-order valence-electron chi connectivity index (χ1n) is 11.0. The van der Waals surface area contributed by atoms with Crippen LogP contribution in [0.1, 0.15) is 38.1 Å². The van der Waals surface area contributed by atoms with Crippen molar-refractivity contribution in [3.05, 3.63) is 78.7 Å². The Labute approximate surface area is 201 Å². The van der Waals surface area contributed by atoms with Gasteiger partial charge in [0.05, 0.1) is 35.1 Å². The van der Waals surface area contributed by atoms with E-state index in [4.69, 9.17) is 13.9 Å². The van der Waals surface area contributed by atoms with Gasteiger partial charge in [0.25, 0.3) is 5.56 Å². The van der Waals surface area contributed by atoms with E-state index in [9.17, 15) is 9.59 Å². The number of rotatable bonds is 7. The van der Waals surface area contributed by atoms with Crippen molar-refractivity contribution in [2.24, 2.45) is 4.99 Å². The lowest BCUT2D eigenvalue weighted by Gasteiger charge is -2.24. The van der Waals surface area contributed by atoms with Gasteiger partial charge in [0.2, 0.25) is 0 Å². The third-order valence-corrected chi connectivity index (χ3v) is 6.33. The SMILES string of the molecule is CCOC(=O)C1=C(C)N=c2sc(=Cc3ccc(N(C)C)o3)c(=O)n2[C@H]1c1ccc(OCC)cc1. The van der Waals surface area contributed by atoms with Gasteiger partial charge in [-0.2, -0.15) is 0 Å². The van der Waals surface area contributed by atoms with Crippen LogP contribution in [-0.2, 0) is 9.53 Å². The van der Waals surface area contributed by atoms with Gasteiger partial charge in [0, 0.05) is 26.2 Å². The smallest absolute Gasteiger partial charge is 0.338 e. The fourth-order valence-corrected chi connectivity index (χ4v) is 4.84. The minimum Gasteiger partial charge on any atom is -0.494 e. The zero-order valence-corrected chi connectivity index (χ0v) is 20.6. The summed E-state index contributed by atoms with van der Waals surface area (Å²) in [7, 11) is 3.76. The Hall–Kier alpha value is -3.59. The maximum atomic E-state index is 13.6. The summed E-state index contributed by atoms with van der Waals surface area (Å²) in [5.41, 5.74) is 1.39. The highest BCUT2D eigenvalue weighted by molar-refractivity contribution is 7.07. The molecule has 3 heterocycles. The van der Waals surface area contributed by atoms with Crippen molar-refractivity contribution in [2.45, 2.75) is 26.8 Å². The second-order valence-corrected chi connectivity index (χ2v) is 8.88. The molecule has 2 aromatic heterocycles. The Bertz CT molecular complexity index is 1410. The number of fused-ring (bicyclic) bond motifs is 1. The van der Waals surface area contributed by atoms with Crippen molar-refractivity contribution in [3.8, 4) is 5.75 Å². The highest BCUT2D eigenvalue weighted by atomic mass is 32.1. The predicted octanol–water partition coefficient (Wildman–Crippen LogP) is 2.86. The molecule has 0 amide bonds. The van der Waals surface area contributed by atoms with E-state index < -0.39 is 12.0 Å². The van der Waals surface area contributed by atoms with Crippen molar-refractivity contribution in [3.63, 3.8) is 0 Å². The fourth-order valence-electron chi connectivity index (χ4n) is 3.81. The standard InChI is InChI=1S/C25H27N3O5S/c1-6-31-17-10-8-16(9-11-17)22-21(24(30)32-7-2)15(3)26-25-28(22)23(29)19(34-25)14-18-12-13-20(33-18)27(4)5/h8-14,22H,6-7H2,1-5H3/t22-/m0/s1. The molecular weight excluding hydrogens is 454 g/mol. The fraction of sp³-hybridized carbons (Fsp3) is 0.320. The molecule has 0 radical (unpaired) electrons. The number of hydrogen-bond donors (Lipinski definition) is 0. The number of hydrogen-bond acceptors (Lipinski definition) is 8. The first-order valence-corrected chi connectivity index (χ1v) is 11.8. The van der Waals surface area contributed by atoms with Gasteiger partial charge < -0.3 is 18.8 Å². The van der Waals surface area contributed by atoms with Crippen molar-refractivity contribution in [1.82, 2.24) is 4.57 Å². The van der Waals surface area contributed by atoms with E-state index in [1.165, 1.54) is 11.3 Å². The zero-order chi connectivity index (χ0) is 24.4. The lowest BCUT2D eigenvalue weighted by Crippen LogP contribution is -2.39. The molecule has 8 nitrogen and oxygen atoms in total. The lowest BCUT2D eigenvalue weighted by molar-refractivity contribution is -0.139. The number of benzene rings is 1. The van der Waals surface area contributed by atoms with Crippen molar-refractivity contribution in [2.75, 3.05) is 32.2 Å². The molecule has 0 saturated carbocycles. The van der Waals surface area contributed by atoms with Gasteiger partial charge in [-0.3, -0.25) is 9.36 Å². The number of thiazole rings is 1. The van der Waals surface area contributed by atoms with E-state index in [1.807, 2.05) is 62.3 Å². The summed E-state index contributed by atoms with van der Waals surface area (Å²) in [4.78, 5) is 33.5. The zero-order valence-electron chi connectivity index (χ0n) is 19.8. The Balaban J connectivity index is 1.88. The molecule has 1 aliphatic rings. The number of anilines is 1. The van der Waals surface area contributed by atoms with Crippen LogP contribution in [0.25, 0.3) is 6.08 Å². The molecule has 4 rings (SSSR count). The minimum absolute atomic E-state index is 0.225. The average molecular weight is 482 g/mol. The van der Waals surface area contributed by atoms with Crippen molar-refractivity contribution in [1.29, 1.82) is 0 Å². The van der Waals surface area contributed by atoms with E-state index >= 15 is 0 Å². The van der Waals surface area contributed by atoms with Crippen LogP contribution in [0.2, 0.25) is 0 Å². The Morgan fingerprint density at radius 2 is 1.91 bits per heavy atom. The van der Waals surface area contributed by atoms with E-state index in [1.54, 1.807) is 24.5 Å². The average Bonchev–Trinajstić information content (AvgIpc) is 3.39. The molecule has 1 aromatic carbocycles. The number of esters is 1. The quantitative estimate of drug-likeness (QED) is 0.483. The second kappa shape index (κ2) is 9.72. The molecule has 3 aromatic rings. The summed E-state index contributed by atoms with van der Waals surface area (Å²) in [6.45, 7) is 6.20. The Morgan fingerprint density at radius 1 is 1.18 bits per heavy atom. The van der Waals surface area contributed by atoms with Crippen LogP contribution >= 0.6 is 11.3 Å². The van der Waals surface area contributed by atoms with Gasteiger partial charge in [-0.1, -0.05) is 23.5 Å². The molecule has 0 unspecified atom stereocenters. The summed E-state index contributed by atoms with van der Waals surface area (Å²) < 4.78 is 18.7. The van der Waals surface area contributed by atoms with Gasteiger partial charge in [-0.05, 0) is 44.5 Å². The van der Waals surface area contributed by atoms with Gasteiger partial charge in [0.15, 0.2) is 10.7 Å². The predicted molar refractivity (Wildman–Crippen MR) is 131 cm³/mol. The molecule has 0 aliphatic carbocycles. The molecule has 0 bridgehead atoms. The van der Waals surface area contributed by atoms with Gasteiger partial charge in [0.1, 0.15) is 11.5 Å². The normalized spacial score (nSPS) is 15.7. The molecule has 0 fully saturated rings. The van der Waals surface area contributed by atoms with E-state index in [2.05, 4.69) is 4.99 Å². The number of aromatic nitrogens is 1. The topological polar surface area (TPSA) is 86.3 Å². The molecule has 0 spiro atoms. The maximum absolute atomic E-state index is 13.6. The van der Waals surface area contributed by atoms with Crippen molar-refractivity contribution >= 4 is 29.3 Å². The lowest BCUT2D eigenvalue weighted by atomic mass is 9.96. The molecule has 9 heteroatoms. The first-order chi connectivity index (χ1) is 16.3. The van der Waals surface area contributed by atoms with Crippen LogP contribution in [-0.4, -0.2) is 37.8 Å². The molecule has 0 N–H and O–H groups in total. The minimum atomic E-state index is -0.665. The van der Waals surface area contributed by atoms with Gasteiger partial charge >= 0.3 is 5.97 Å². The van der Waals surface area contributed by atoms with E-state index in [0.717, 1.165) is 5.56 Å². The first kappa shape index (κ1) is 23.6. The number of ether oxygens (including phenoxy) is 2. The molecule has 1 atom stereocenters. The number of allylic oxidation sites excluding steroid dienone is 1. The second-order valence-electron chi connectivity index (χ2n) is 7.87. The summed E-state index contributed by atoms with van der Waals surface area (Å²) in [6, 6.07) is 10.4. The Kier molecular flexibility index (Phi) is 6.74. The third kappa shape index (κ3) is 4.43. The summed E-state index contributed by atoms with van der Waals surface area (Å²) in [5.74, 6) is 1.48. The van der Waals surface area contributed by atoms with Crippen LogP contribution in [0.15, 0.2) is 61.9 Å². The number of carbonyl (C=O) groups is 1. The molecule has 34 heavy (non-hydrogen) atoms. The highest BCUT2D eigenvalue weighted by Gasteiger charge is 2.33. The molecule has 178 valence electrons. The van der Waals surface area contributed by atoms with Crippen LogP contribution < -0.4 is 24.5 Å². The van der Waals surface area contributed by atoms with E-state index in [-0.39, 0.29) is 12.2 Å². The van der Waals surface area contributed by atoms with Gasteiger partial charge in [-0.25, -0.2) is 9.79 Å². The van der Waals surface area contributed by atoms with Crippen LogP contribution in [0.5, 0.6) is 5.75 Å². The summed E-state index contributed by atoms with van der Waals surface area (Å²) >= 11 is 1.26. The Morgan fingerprint density at radius 3 is 2.53 bits per heavy atom. The molecular formula is C25H27N3O5S. The number of carbonyl (C=O) groups excluding carboxylic acids is 1. The van der Waals surface area contributed by atoms with Crippen LogP contribution in [0.4, 0.5) is 5.88 Å². The largest absolute Gasteiger partial charge is 0.494 e. The van der Waals surface area contributed by atoms with Gasteiger partial charge in [-0.15, -0.1) is 0 Å². The van der Waals surface area contributed by atoms with Crippen molar-refractivity contribution < 1.29 is 18.7 Å². The molecule has 0 saturated heterocycles. The van der Waals surface area contributed by atoms with Crippen LogP contribution in [0.3, 0.4) is 0 Å². The third-order valence-electron chi connectivity index (χ3n) is 5.35. The van der Waals surface area contributed by atoms with Crippen LogP contribution in [0, 0.1) is 0 Å². The summed E-state index contributed by atoms with van der Waals surface area (Å²) in [6.07, 6.45) is 1.70. The highest BCUT2D eigenvalue weighted by Crippen LogP contribution is 2.31. The van der Waals surface area contributed by atoms with E-state index in [0.29, 0.717) is 44.6 Å². The number of furan rings is 1. The maximum Gasteiger partial charge on any atom is 0.338 e. The number of nitrogens with zero attached hydrogens (tertiary/aromatic N) is 3.